The number of hydrogen-bond acceptors (Lipinski definition) is 4. The molecule has 4 heteroatoms. The number of hydrogen-bond donors (Lipinski definition) is 2. The highest BCUT2D eigenvalue weighted by Crippen LogP contribution is 2.68. The Balaban J connectivity index is 1.62. The molecular formula is C23H38O4. The maximum atomic E-state index is 12.2. The zero-order chi connectivity index (χ0) is 19.6. The average Bonchev–Trinajstić information content (AvgIpc) is 3.01. The van der Waals surface area contributed by atoms with Crippen LogP contribution in [0.1, 0.15) is 72.1 Å². The van der Waals surface area contributed by atoms with Crippen molar-refractivity contribution in [2.75, 3.05) is 7.11 Å². The van der Waals surface area contributed by atoms with Crippen LogP contribution in [0.2, 0.25) is 0 Å². The first-order valence-electron chi connectivity index (χ1n) is 11.2. The molecule has 0 spiro atoms. The van der Waals surface area contributed by atoms with Crippen LogP contribution in [0.4, 0.5) is 0 Å². The second-order valence-electron chi connectivity index (χ2n) is 10.7. The topological polar surface area (TPSA) is 66.8 Å². The van der Waals surface area contributed by atoms with E-state index in [0.29, 0.717) is 23.7 Å². The van der Waals surface area contributed by atoms with E-state index in [1.54, 1.807) is 0 Å². The van der Waals surface area contributed by atoms with Crippen LogP contribution in [0.25, 0.3) is 0 Å². The molecule has 0 saturated heterocycles. The summed E-state index contributed by atoms with van der Waals surface area (Å²) in [7, 11) is 1.47. The van der Waals surface area contributed by atoms with Crippen molar-refractivity contribution in [2.45, 2.75) is 84.3 Å². The van der Waals surface area contributed by atoms with Gasteiger partial charge < -0.3 is 14.9 Å². The molecule has 0 aromatic heterocycles. The average molecular weight is 379 g/mol. The van der Waals surface area contributed by atoms with E-state index < -0.39 is 0 Å². The summed E-state index contributed by atoms with van der Waals surface area (Å²) in [4.78, 5) is 12.2. The highest BCUT2D eigenvalue weighted by molar-refractivity contribution is 5.72. The molecule has 0 radical (unpaired) electrons. The van der Waals surface area contributed by atoms with E-state index in [0.717, 1.165) is 38.5 Å². The molecule has 4 saturated carbocycles. The predicted octanol–water partition coefficient (Wildman–Crippen LogP) is 3.79. The van der Waals surface area contributed by atoms with Crippen LogP contribution in [0, 0.1) is 46.3 Å². The molecule has 4 aliphatic carbocycles. The fourth-order valence-electron chi connectivity index (χ4n) is 8.40. The summed E-state index contributed by atoms with van der Waals surface area (Å²) in [6.07, 6.45) is 7.94. The highest BCUT2D eigenvalue weighted by Gasteiger charge is 2.64. The van der Waals surface area contributed by atoms with Crippen LogP contribution in [-0.4, -0.2) is 35.5 Å². The van der Waals surface area contributed by atoms with Crippen LogP contribution in [0.5, 0.6) is 0 Å². The molecule has 4 rings (SSSR count). The van der Waals surface area contributed by atoms with Crippen LogP contribution >= 0.6 is 0 Å². The largest absolute Gasteiger partial charge is 0.469 e. The van der Waals surface area contributed by atoms with Gasteiger partial charge in [-0.1, -0.05) is 20.8 Å². The fourth-order valence-corrected chi connectivity index (χ4v) is 8.40. The zero-order valence-electron chi connectivity index (χ0n) is 17.5. The van der Waals surface area contributed by atoms with Gasteiger partial charge in [-0.3, -0.25) is 4.79 Å². The van der Waals surface area contributed by atoms with Gasteiger partial charge in [-0.2, -0.15) is 0 Å². The van der Waals surface area contributed by atoms with Gasteiger partial charge in [0.15, 0.2) is 0 Å². The number of aliphatic hydroxyl groups excluding tert-OH is 2. The molecule has 0 aliphatic heterocycles. The van der Waals surface area contributed by atoms with Gasteiger partial charge in [0.1, 0.15) is 0 Å². The summed E-state index contributed by atoms with van der Waals surface area (Å²) in [5.74, 6) is 2.26. The van der Waals surface area contributed by atoms with E-state index >= 15 is 0 Å². The van der Waals surface area contributed by atoms with E-state index in [1.165, 1.54) is 20.0 Å². The van der Waals surface area contributed by atoms with Crippen LogP contribution in [0.15, 0.2) is 0 Å². The van der Waals surface area contributed by atoms with Gasteiger partial charge in [0.05, 0.1) is 25.2 Å². The minimum Gasteiger partial charge on any atom is -0.469 e. The Morgan fingerprint density at radius 1 is 1.04 bits per heavy atom. The lowest BCUT2D eigenvalue weighted by molar-refractivity contribution is -0.179. The molecule has 4 fully saturated rings. The molecule has 0 aromatic rings. The molecule has 4 nitrogen and oxygen atoms in total. The van der Waals surface area contributed by atoms with E-state index in [9.17, 15) is 15.0 Å². The van der Waals surface area contributed by atoms with Crippen molar-refractivity contribution in [3.8, 4) is 0 Å². The smallest absolute Gasteiger partial charge is 0.308 e. The molecule has 0 bridgehead atoms. The standard InChI is InChI=1S/C23H38O4/c1-13(21(26)27-4)17-7-8-18-16-6-5-14-11-15(24)9-10-22(14,2)19(16)12-20(25)23(17,18)3/h13-20,24-25H,5-12H2,1-4H3. The number of fused-ring (bicyclic) bond motifs is 5. The van der Waals surface area contributed by atoms with Gasteiger partial charge in [-0.05, 0) is 86.4 Å². The minimum atomic E-state index is -0.342. The Kier molecular flexibility index (Phi) is 4.91. The highest BCUT2D eigenvalue weighted by atomic mass is 16.5. The van der Waals surface area contributed by atoms with E-state index in [4.69, 9.17) is 4.74 Å². The molecule has 4 aliphatic rings. The van der Waals surface area contributed by atoms with Crippen LogP contribution < -0.4 is 0 Å². The maximum absolute atomic E-state index is 12.2. The lowest BCUT2D eigenvalue weighted by Gasteiger charge is -2.62. The number of methoxy groups -OCH3 is 1. The Morgan fingerprint density at radius 2 is 1.78 bits per heavy atom. The first-order chi connectivity index (χ1) is 12.7. The number of esters is 1. The molecule has 154 valence electrons. The molecular weight excluding hydrogens is 340 g/mol. The molecule has 0 aromatic carbocycles. The zero-order valence-corrected chi connectivity index (χ0v) is 17.5. The minimum absolute atomic E-state index is 0.129. The van der Waals surface area contributed by atoms with Crippen molar-refractivity contribution in [3.05, 3.63) is 0 Å². The van der Waals surface area contributed by atoms with Crippen molar-refractivity contribution in [1.29, 1.82) is 0 Å². The number of carbonyl (C=O) groups excluding carboxylic acids is 1. The van der Waals surface area contributed by atoms with E-state index in [1.807, 2.05) is 6.92 Å². The summed E-state index contributed by atoms with van der Waals surface area (Å²) in [5.41, 5.74) is 0.0860. The second kappa shape index (κ2) is 6.73. The molecule has 27 heavy (non-hydrogen) atoms. The van der Waals surface area contributed by atoms with Crippen LogP contribution in [0.3, 0.4) is 0 Å². The predicted molar refractivity (Wildman–Crippen MR) is 104 cm³/mol. The van der Waals surface area contributed by atoms with Crippen molar-refractivity contribution in [2.24, 2.45) is 46.3 Å². The number of rotatable bonds is 2. The van der Waals surface area contributed by atoms with E-state index in [-0.39, 0.29) is 40.8 Å². The van der Waals surface area contributed by atoms with Gasteiger partial charge in [-0.25, -0.2) is 0 Å². The van der Waals surface area contributed by atoms with Gasteiger partial charge in [0.2, 0.25) is 0 Å². The molecule has 2 N–H and O–H groups in total. The molecule has 10 unspecified atom stereocenters. The van der Waals surface area contributed by atoms with Crippen LogP contribution in [-0.2, 0) is 9.53 Å². The Bertz CT molecular complexity index is 591. The Labute approximate surface area is 164 Å². The normalized spacial score (nSPS) is 53.0. The van der Waals surface area contributed by atoms with Gasteiger partial charge >= 0.3 is 5.97 Å². The monoisotopic (exact) mass is 378 g/mol. The van der Waals surface area contributed by atoms with Crippen molar-refractivity contribution in [1.82, 2.24) is 0 Å². The van der Waals surface area contributed by atoms with Crippen molar-refractivity contribution >= 4 is 5.97 Å². The third-order valence-corrected chi connectivity index (χ3v) is 9.99. The third-order valence-electron chi connectivity index (χ3n) is 9.99. The van der Waals surface area contributed by atoms with Gasteiger partial charge in [-0.15, -0.1) is 0 Å². The summed E-state index contributed by atoms with van der Waals surface area (Å²) in [6.45, 7) is 6.69. The lowest BCUT2D eigenvalue weighted by Crippen LogP contribution is -2.59. The van der Waals surface area contributed by atoms with Gasteiger partial charge in [0.25, 0.3) is 0 Å². The summed E-state index contributed by atoms with van der Waals surface area (Å²) >= 11 is 0. The lowest BCUT2D eigenvalue weighted by atomic mass is 9.43. The van der Waals surface area contributed by atoms with Gasteiger partial charge in [0, 0.05) is 5.41 Å². The molecule has 0 amide bonds. The third kappa shape index (κ3) is 2.73. The fraction of sp³-hybridized carbons (Fsp3) is 0.957. The maximum Gasteiger partial charge on any atom is 0.308 e. The quantitative estimate of drug-likeness (QED) is 0.718. The number of aliphatic hydroxyl groups is 2. The van der Waals surface area contributed by atoms with E-state index in [2.05, 4.69) is 13.8 Å². The first kappa shape index (κ1) is 19.7. The Morgan fingerprint density at radius 3 is 2.48 bits per heavy atom. The number of carbonyl (C=O) groups is 1. The summed E-state index contributed by atoms with van der Waals surface area (Å²) in [6, 6.07) is 0. The molecule has 0 heterocycles. The SMILES string of the molecule is COC(=O)C(C)C1CCC2C3CCC4CC(O)CCC4(C)C3CC(O)C12C. The van der Waals surface area contributed by atoms with Crippen molar-refractivity contribution in [3.63, 3.8) is 0 Å². The summed E-state index contributed by atoms with van der Waals surface area (Å²) in [5, 5.41) is 21.6. The first-order valence-corrected chi connectivity index (χ1v) is 11.2. The number of ether oxygens (including phenoxy) is 1. The Hall–Kier alpha value is -0.610. The summed E-state index contributed by atoms with van der Waals surface area (Å²) < 4.78 is 5.04. The van der Waals surface area contributed by atoms with Crippen molar-refractivity contribution < 1.29 is 19.7 Å². The molecule has 10 atom stereocenters. The second-order valence-corrected chi connectivity index (χ2v) is 10.7.